The Kier molecular flexibility index (Phi) is 15.0. The van der Waals surface area contributed by atoms with Crippen molar-refractivity contribution < 1.29 is 0 Å². The molecule has 0 aliphatic heterocycles. The zero-order valence-corrected chi connectivity index (χ0v) is 34.4. The summed E-state index contributed by atoms with van der Waals surface area (Å²) in [5, 5.41) is 0. The van der Waals surface area contributed by atoms with Gasteiger partial charge in [-0.2, -0.15) is 13.5 Å². The molecule has 0 rings (SSSR count). The molecular formula is C25H68N12P4. The second kappa shape index (κ2) is 14.8. The van der Waals surface area contributed by atoms with E-state index in [9.17, 15) is 0 Å². The van der Waals surface area contributed by atoms with Gasteiger partial charge in [-0.05, 0) is 145 Å². The lowest BCUT2D eigenvalue weighted by Crippen LogP contribution is -2.31. The SMILES string of the molecule is CN(C)P(C)(=NP(=NC(C)(C)CC(C)(C)C)(N=P(N(C)C)(N(C)C)N(C)C)N=P(N(C)C)(N(C)C)N(C)C)N(C)C. The van der Waals surface area contributed by atoms with Gasteiger partial charge in [0, 0.05) is 0 Å². The van der Waals surface area contributed by atoms with E-state index >= 15 is 0 Å². The summed E-state index contributed by atoms with van der Waals surface area (Å²) in [4.78, 5) is 0. The van der Waals surface area contributed by atoms with Gasteiger partial charge in [-0.25, -0.2) is 4.74 Å². The Labute approximate surface area is 256 Å². The minimum Gasteiger partial charge on any atom is -0.264 e. The van der Waals surface area contributed by atoms with Crippen LogP contribution in [-0.4, -0.2) is 162 Å². The van der Waals surface area contributed by atoms with Crippen molar-refractivity contribution in [2.24, 2.45) is 23.7 Å². The lowest BCUT2D eigenvalue weighted by molar-refractivity contribution is 0.290. The van der Waals surface area contributed by atoms with E-state index in [1.165, 1.54) is 0 Å². The van der Waals surface area contributed by atoms with Gasteiger partial charge in [-0.3, -0.25) is 37.4 Å². The summed E-state index contributed by atoms with van der Waals surface area (Å²) in [7, 11) is 23.5. The van der Waals surface area contributed by atoms with Crippen LogP contribution in [0, 0.1) is 5.41 Å². The summed E-state index contributed by atoms with van der Waals surface area (Å²) >= 11 is 0. The molecule has 0 amide bonds. The topological polar surface area (TPSA) is 75.4 Å². The molecule has 0 saturated carbocycles. The fourth-order valence-electron chi connectivity index (χ4n) is 5.50. The Morgan fingerprint density at radius 3 is 0.902 bits per heavy atom. The summed E-state index contributed by atoms with van der Waals surface area (Å²) in [6.45, 7) is 13.6. The van der Waals surface area contributed by atoms with E-state index in [0.29, 0.717) is 0 Å². The molecule has 0 unspecified atom stereocenters. The Balaban J connectivity index is 9.42. The minimum absolute atomic E-state index is 0.0674. The molecule has 0 N–H and O–H groups in total. The molecule has 0 aromatic carbocycles. The summed E-state index contributed by atoms with van der Waals surface area (Å²) < 4.78 is 41.6. The minimum atomic E-state index is -3.18. The van der Waals surface area contributed by atoms with Gasteiger partial charge in [0.15, 0.2) is 15.0 Å². The first-order valence-electron chi connectivity index (χ1n) is 14.0. The van der Waals surface area contributed by atoms with Crippen LogP contribution in [0.3, 0.4) is 0 Å². The van der Waals surface area contributed by atoms with Crippen LogP contribution in [0.25, 0.3) is 0 Å². The van der Waals surface area contributed by atoms with Gasteiger partial charge < -0.3 is 0 Å². The lowest BCUT2D eigenvalue weighted by atomic mass is 9.82. The van der Waals surface area contributed by atoms with Crippen LogP contribution in [0.1, 0.15) is 41.0 Å². The fourth-order valence-corrected chi connectivity index (χ4v) is 22.7. The standard InChI is InChI=1S/C25H68N12P4/c1-24(2,3)23-25(4,5)26-39(27-38(22,30(6)7)31(8)9,28-40(32(10)11,33(12)13)34(14)15)29-41(35(16)17,36(18)19)37(20)21/h23H2,1-22H3. The molecule has 0 bridgehead atoms. The maximum Gasteiger partial charge on any atom is 0.305 e. The van der Waals surface area contributed by atoms with Gasteiger partial charge in [0.1, 0.15) is 7.36 Å². The molecule has 0 heterocycles. The van der Waals surface area contributed by atoms with Gasteiger partial charge in [0.25, 0.3) is 0 Å². The smallest absolute Gasteiger partial charge is 0.264 e. The fraction of sp³-hybridized carbons (Fsp3) is 1.00. The molecule has 0 aliphatic carbocycles. The van der Waals surface area contributed by atoms with Crippen molar-refractivity contribution in [2.75, 3.05) is 119 Å². The van der Waals surface area contributed by atoms with E-state index in [4.69, 9.17) is 18.3 Å². The predicted octanol–water partition coefficient (Wildman–Crippen LogP) is 7.19. The van der Waals surface area contributed by atoms with Gasteiger partial charge in [0.05, 0.1) is 5.54 Å². The molecule has 248 valence electrons. The zero-order chi connectivity index (χ0) is 33.2. The summed E-state index contributed by atoms with van der Waals surface area (Å²) in [6.07, 6.45) is 0.885. The van der Waals surface area contributed by atoms with Gasteiger partial charge in [-0.15, -0.1) is 0 Å². The molecule has 0 spiro atoms. The van der Waals surface area contributed by atoms with Crippen molar-refractivity contribution in [1.29, 1.82) is 0 Å². The van der Waals surface area contributed by atoms with Crippen LogP contribution in [-0.2, 0) is 0 Å². The quantitative estimate of drug-likeness (QED) is 0.192. The van der Waals surface area contributed by atoms with Crippen molar-refractivity contribution in [3.63, 3.8) is 0 Å². The maximum absolute atomic E-state index is 5.96. The van der Waals surface area contributed by atoms with Crippen LogP contribution in [0.2, 0.25) is 0 Å². The van der Waals surface area contributed by atoms with Crippen molar-refractivity contribution in [3.8, 4) is 0 Å². The van der Waals surface area contributed by atoms with Crippen molar-refractivity contribution in [2.45, 2.75) is 46.6 Å². The van der Waals surface area contributed by atoms with Gasteiger partial charge in [0.2, 0.25) is 0 Å². The molecule has 41 heavy (non-hydrogen) atoms. The van der Waals surface area contributed by atoms with E-state index in [1.54, 1.807) is 0 Å². The molecule has 12 nitrogen and oxygen atoms in total. The molecule has 16 heteroatoms. The van der Waals surface area contributed by atoms with Crippen LogP contribution in [0.5, 0.6) is 0 Å². The van der Waals surface area contributed by atoms with Crippen molar-refractivity contribution >= 4 is 29.9 Å². The van der Waals surface area contributed by atoms with Crippen LogP contribution >= 0.6 is 29.9 Å². The number of rotatable bonds is 13. The highest BCUT2D eigenvalue weighted by Crippen LogP contribution is 2.77. The molecule has 0 atom stereocenters. The summed E-state index contributed by atoms with van der Waals surface area (Å²) in [6, 6.07) is 0. The summed E-state index contributed by atoms with van der Waals surface area (Å²) in [5.41, 5.74) is -0.356. The zero-order valence-electron chi connectivity index (χ0n) is 30.9. The van der Waals surface area contributed by atoms with Crippen LogP contribution < -0.4 is 0 Å². The third-order valence-electron chi connectivity index (χ3n) is 6.87. The third kappa shape index (κ3) is 9.79. The molecular weight excluding hydrogens is 592 g/mol. The average molecular weight is 661 g/mol. The second-order valence-electron chi connectivity index (χ2n) is 14.2. The van der Waals surface area contributed by atoms with E-state index in [1.807, 2.05) is 0 Å². The average Bonchev–Trinajstić information content (AvgIpc) is 2.71. The highest BCUT2D eigenvalue weighted by Gasteiger charge is 2.41. The molecule has 0 aliphatic rings. The van der Waals surface area contributed by atoms with Gasteiger partial charge >= 0.3 is 7.51 Å². The highest BCUT2D eigenvalue weighted by atomic mass is 31.3. The Hall–Kier alpha value is 0.600. The van der Waals surface area contributed by atoms with Crippen LogP contribution in [0.4, 0.5) is 0 Å². The normalized spacial score (nSPS) is 15.0. The monoisotopic (exact) mass is 660 g/mol. The Bertz CT molecular complexity index is 964. The van der Waals surface area contributed by atoms with E-state index in [2.05, 4.69) is 191 Å². The van der Waals surface area contributed by atoms with Crippen LogP contribution in [0.15, 0.2) is 18.3 Å². The predicted molar refractivity (Wildman–Crippen MR) is 191 cm³/mol. The Morgan fingerprint density at radius 1 is 0.439 bits per heavy atom. The molecule has 0 aromatic rings. The van der Waals surface area contributed by atoms with E-state index in [-0.39, 0.29) is 5.41 Å². The van der Waals surface area contributed by atoms with Gasteiger partial charge in [-0.1, -0.05) is 20.8 Å². The first kappa shape index (κ1) is 41.6. The largest absolute Gasteiger partial charge is 0.305 e. The maximum atomic E-state index is 5.96. The highest BCUT2D eigenvalue weighted by molar-refractivity contribution is 7.80. The van der Waals surface area contributed by atoms with E-state index in [0.717, 1.165) is 6.42 Å². The third-order valence-corrected chi connectivity index (χ3v) is 23.3. The number of hydrogen-bond acceptors (Lipinski definition) is 1. The van der Waals surface area contributed by atoms with Crippen molar-refractivity contribution in [1.82, 2.24) is 37.4 Å². The van der Waals surface area contributed by atoms with Crippen molar-refractivity contribution in [3.05, 3.63) is 0 Å². The molecule has 0 saturated heterocycles. The molecule has 0 aromatic heterocycles. The van der Waals surface area contributed by atoms with E-state index < -0.39 is 35.4 Å². The number of nitrogens with zero attached hydrogens (tertiary/aromatic N) is 12. The first-order chi connectivity index (χ1) is 18.1. The first-order valence-corrected chi connectivity index (χ1v) is 20.9. The molecule has 0 radical (unpaired) electrons. The lowest BCUT2D eigenvalue weighted by Gasteiger charge is -2.45. The molecule has 0 fully saturated rings. The second-order valence-corrected chi connectivity index (χ2v) is 27.9. The number of hydrogen-bond donors (Lipinski definition) is 0. The summed E-state index contributed by atoms with van der Waals surface area (Å²) in [5.74, 6) is 0. The Morgan fingerprint density at radius 2 is 0.707 bits per heavy atom.